The molecule has 198 valence electrons. The fraction of sp³-hybridized carbons (Fsp3) is 0.806. The van der Waals surface area contributed by atoms with Gasteiger partial charge in [0.15, 0.2) is 0 Å². The van der Waals surface area contributed by atoms with Gasteiger partial charge in [0.1, 0.15) is 6.79 Å². The van der Waals surface area contributed by atoms with Crippen LogP contribution in [0.1, 0.15) is 105 Å². The van der Waals surface area contributed by atoms with Crippen LogP contribution in [0.25, 0.3) is 0 Å². The van der Waals surface area contributed by atoms with E-state index < -0.39 is 0 Å². The van der Waals surface area contributed by atoms with Crippen molar-refractivity contribution in [3.05, 3.63) is 35.9 Å². The molecule has 34 heavy (non-hydrogen) atoms. The highest BCUT2D eigenvalue weighted by Gasteiger charge is 2.18. The number of rotatable bonds is 20. The molecule has 3 heteroatoms. The van der Waals surface area contributed by atoms with E-state index in [2.05, 4.69) is 53.7 Å². The van der Waals surface area contributed by atoms with E-state index in [0.29, 0.717) is 19.3 Å². The molecule has 1 aromatic rings. The Labute approximate surface area is 212 Å². The molecule has 1 N–H and O–H groups in total. The number of hydrogen-bond acceptors (Lipinski definition) is 3. The van der Waals surface area contributed by atoms with Gasteiger partial charge >= 0.3 is 0 Å². The number of ether oxygens (including phenoxy) is 2. The van der Waals surface area contributed by atoms with Crippen molar-refractivity contribution < 1.29 is 14.6 Å². The van der Waals surface area contributed by atoms with Crippen LogP contribution < -0.4 is 0 Å². The number of aliphatic hydroxyl groups is 1. The Morgan fingerprint density at radius 3 is 1.59 bits per heavy atom. The molecule has 0 fully saturated rings. The minimum absolute atomic E-state index is 0.171. The Balaban J connectivity index is 2.08. The molecule has 0 aliphatic heterocycles. The molecule has 1 aromatic carbocycles. The second-order valence-corrected chi connectivity index (χ2v) is 11.9. The molecule has 0 spiro atoms. The van der Waals surface area contributed by atoms with E-state index >= 15 is 0 Å². The molecule has 0 aliphatic carbocycles. The standard InChI is InChI=1S/C31H56O3/c1-24(12-11-15-33-23-34-22-31-13-9-8-10-14-31)16-25(2)17-26(3)18-27(4)19-28(5)20-29(6)21-30(7)32/h8-10,13-14,24-30,32H,11-12,15-23H2,1-7H3. The van der Waals surface area contributed by atoms with Crippen molar-refractivity contribution in [3.8, 4) is 0 Å². The number of aliphatic hydroxyl groups excluding tert-OH is 1. The SMILES string of the molecule is CC(O)CC(C)CC(C)CC(C)CC(C)CC(C)CC(C)CCCOCOCc1ccccc1. The van der Waals surface area contributed by atoms with Crippen LogP contribution in [0.3, 0.4) is 0 Å². The summed E-state index contributed by atoms with van der Waals surface area (Å²) in [5.74, 6) is 4.49. The van der Waals surface area contributed by atoms with Crippen LogP contribution in [-0.2, 0) is 16.1 Å². The Bertz CT molecular complexity index is 588. The lowest BCUT2D eigenvalue weighted by Crippen LogP contribution is -2.14. The van der Waals surface area contributed by atoms with E-state index in [0.717, 1.165) is 49.0 Å². The van der Waals surface area contributed by atoms with Crippen LogP contribution in [0.2, 0.25) is 0 Å². The van der Waals surface area contributed by atoms with Crippen LogP contribution >= 0.6 is 0 Å². The van der Waals surface area contributed by atoms with Crippen molar-refractivity contribution in [2.45, 2.75) is 113 Å². The van der Waals surface area contributed by atoms with Crippen LogP contribution in [0.4, 0.5) is 0 Å². The zero-order valence-corrected chi connectivity index (χ0v) is 23.5. The molecule has 1 rings (SSSR count). The first-order valence-corrected chi connectivity index (χ1v) is 14.0. The smallest absolute Gasteiger partial charge is 0.147 e. The number of benzene rings is 1. The van der Waals surface area contributed by atoms with Gasteiger partial charge in [-0.05, 0) is 99.4 Å². The second-order valence-electron chi connectivity index (χ2n) is 11.9. The summed E-state index contributed by atoms with van der Waals surface area (Å²) < 4.78 is 11.3. The van der Waals surface area contributed by atoms with Crippen LogP contribution in [0.15, 0.2) is 30.3 Å². The van der Waals surface area contributed by atoms with Crippen LogP contribution in [-0.4, -0.2) is 24.6 Å². The molecule has 0 heterocycles. The maximum Gasteiger partial charge on any atom is 0.147 e. The Hall–Kier alpha value is -0.900. The Morgan fingerprint density at radius 1 is 0.618 bits per heavy atom. The van der Waals surface area contributed by atoms with Gasteiger partial charge in [-0.25, -0.2) is 0 Å². The second kappa shape index (κ2) is 18.4. The molecule has 0 bridgehead atoms. The van der Waals surface area contributed by atoms with Crippen molar-refractivity contribution in [2.75, 3.05) is 13.4 Å². The third-order valence-corrected chi connectivity index (χ3v) is 7.03. The third kappa shape index (κ3) is 16.7. The maximum absolute atomic E-state index is 9.60. The lowest BCUT2D eigenvalue weighted by atomic mass is 9.81. The van der Waals surface area contributed by atoms with E-state index in [9.17, 15) is 5.11 Å². The summed E-state index contributed by atoms with van der Waals surface area (Å²) in [5.41, 5.74) is 1.19. The summed E-state index contributed by atoms with van der Waals surface area (Å²) in [6.45, 7) is 18.1. The molecule has 0 radical (unpaired) electrons. The van der Waals surface area contributed by atoms with E-state index in [4.69, 9.17) is 9.47 Å². The molecule has 7 atom stereocenters. The quantitative estimate of drug-likeness (QED) is 0.151. The lowest BCUT2D eigenvalue weighted by molar-refractivity contribution is -0.0628. The molecular formula is C31H56O3. The lowest BCUT2D eigenvalue weighted by Gasteiger charge is -2.25. The van der Waals surface area contributed by atoms with Gasteiger partial charge in [0.2, 0.25) is 0 Å². The van der Waals surface area contributed by atoms with E-state index in [1.165, 1.54) is 44.1 Å². The highest BCUT2D eigenvalue weighted by molar-refractivity contribution is 5.13. The predicted octanol–water partition coefficient (Wildman–Crippen LogP) is 8.50. The van der Waals surface area contributed by atoms with Gasteiger partial charge in [0.05, 0.1) is 12.7 Å². The van der Waals surface area contributed by atoms with Gasteiger partial charge in [-0.3, -0.25) is 0 Å². The average Bonchev–Trinajstić information content (AvgIpc) is 2.72. The third-order valence-electron chi connectivity index (χ3n) is 7.03. The topological polar surface area (TPSA) is 38.7 Å². The fourth-order valence-corrected chi connectivity index (χ4v) is 6.00. The molecule has 0 saturated heterocycles. The van der Waals surface area contributed by atoms with Gasteiger partial charge in [0, 0.05) is 6.61 Å². The van der Waals surface area contributed by atoms with E-state index in [1.54, 1.807) is 0 Å². The molecule has 0 aromatic heterocycles. The molecule has 0 amide bonds. The first-order chi connectivity index (χ1) is 16.2. The summed E-state index contributed by atoms with van der Waals surface area (Å²) >= 11 is 0. The molecular weight excluding hydrogens is 420 g/mol. The molecule has 0 aliphatic rings. The normalized spacial score (nSPS) is 18.1. The molecule has 3 nitrogen and oxygen atoms in total. The molecule has 7 unspecified atom stereocenters. The first kappa shape index (κ1) is 31.1. The monoisotopic (exact) mass is 476 g/mol. The van der Waals surface area contributed by atoms with Crippen LogP contribution in [0, 0.1) is 35.5 Å². The zero-order valence-electron chi connectivity index (χ0n) is 23.5. The average molecular weight is 477 g/mol. The maximum atomic E-state index is 9.60. The van der Waals surface area contributed by atoms with Crippen molar-refractivity contribution in [1.29, 1.82) is 0 Å². The first-order valence-electron chi connectivity index (χ1n) is 14.0. The van der Waals surface area contributed by atoms with Gasteiger partial charge < -0.3 is 14.6 Å². The number of hydrogen-bond donors (Lipinski definition) is 1. The highest BCUT2D eigenvalue weighted by Crippen LogP contribution is 2.29. The predicted molar refractivity (Wildman–Crippen MR) is 146 cm³/mol. The summed E-state index contributed by atoms with van der Waals surface area (Å²) in [7, 11) is 0. The summed E-state index contributed by atoms with van der Waals surface area (Å²) in [6.07, 6.45) is 9.64. The largest absolute Gasteiger partial charge is 0.393 e. The summed E-state index contributed by atoms with van der Waals surface area (Å²) in [6, 6.07) is 10.2. The Morgan fingerprint density at radius 2 is 1.09 bits per heavy atom. The zero-order chi connectivity index (χ0) is 25.3. The summed E-state index contributed by atoms with van der Waals surface area (Å²) in [5, 5.41) is 9.60. The van der Waals surface area contributed by atoms with Gasteiger partial charge in [-0.2, -0.15) is 0 Å². The molecule has 0 saturated carbocycles. The van der Waals surface area contributed by atoms with Crippen molar-refractivity contribution >= 4 is 0 Å². The van der Waals surface area contributed by atoms with Gasteiger partial charge in [-0.15, -0.1) is 0 Å². The highest BCUT2D eigenvalue weighted by atomic mass is 16.7. The van der Waals surface area contributed by atoms with Crippen molar-refractivity contribution in [2.24, 2.45) is 35.5 Å². The minimum atomic E-state index is -0.171. The van der Waals surface area contributed by atoms with E-state index in [1.807, 2.05) is 25.1 Å². The van der Waals surface area contributed by atoms with Crippen molar-refractivity contribution in [1.82, 2.24) is 0 Å². The minimum Gasteiger partial charge on any atom is -0.393 e. The van der Waals surface area contributed by atoms with E-state index in [-0.39, 0.29) is 6.10 Å². The van der Waals surface area contributed by atoms with Crippen molar-refractivity contribution in [3.63, 3.8) is 0 Å². The Kier molecular flexibility index (Phi) is 16.8. The van der Waals surface area contributed by atoms with Gasteiger partial charge in [-0.1, -0.05) is 71.9 Å². The fourth-order valence-electron chi connectivity index (χ4n) is 6.00. The summed E-state index contributed by atoms with van der Waals surface area (Å²) in [4.78, 5) is 0. The van der Waals surface area contributed by atoms with Gasteiger partial charge in [0.25, 0.3) is 0 Å². The van der Waals surface area contributed by atoms with Crippen LogP contribution in [0.5, 0.6) is 0 Å².